The molecular weight excluding hydrogens is 260 g/mol. The molecule has 2 aliphatic rings. The van der Waals surface area contributed by atoms with Crippen molar-refractivity contribution in [3.63, 3.8) is 0 Å². The number of carbonyl (C=O) groups excluding carboxylic acids is 1. The summed E-state index contributed by atoms with van der Waals surface area (Å²) >= 11 is 0. The van der Waals surface area contributed by atoms with E-state index in [1.54, 1.807) is 6.92 Å². The van der Waals surface area contributed by atoms with Crippen molar-refractivity contribution in [1.82, 2.24) is 10.2 Å². The standard InChI is InChI=1S/C14H18N2O4/c1-8-12(13(17)18)5-11(20-8)6-15-14(19)16-7-9-2-3-10(16)4-9/h5,9-10H,2-4,6-7H2,1H3,(H,15,19)(H,17,18). The number of aryl methyl sites for hydroxylation is 1. The van der Waals surface area contributed by atoms with Gasteiger partial charge in [0.1, 0.15) is 17.1 Å². The van der Waals surface area contributed by atoms with Gasteiger partial charge in [-0.2, -0.15) is 0 Å². The van der Waals surface area contributed by atoms with Crippen LogP contribution in [0.4, 0.5) is 4.79 Å². The first-order valence-electron chi connectivity index (χ1n) is 6.91. The zero-order chi connectivity index (χ0) is 14.3. The first kappa shape index (κ1) is 13.0. The van der Waals surface area contributed by atoms with Gasteiger partial charge in [0.05, 0.1) is 6.54 Å². The van der Waals surface area contributed by atoms with E-state index < -0.39 is 5.97 Å². The number of rotatable bonds is 3. The smallest absolute Gasteiger partial charge is 0.339 e. The number of urea groups is 1. The molecule has 2 unspecified atom stereocenters. The number of hydrogen-bond acceptors (Lipinski definition) is 3. The van der Waals surface area contributed by atoms with Crippen LogP contribution in [0.1, 0.15) is 41.1 Å². The van der Waals surface area contributed by atoms with Gasteiger partial charge in [-0.05, 0) is 38.2 Å². The quantitative estimate of drug-likeness (QED) is 0.885. The van der Waals surface area contributed by atoms with Gasteiger partial charge in [-0.1, -0.05) is 0 Å². The molecule has 1 saturated carbocycles. The van der Waals surface area contributed by atoms with Gasteiger partial charge in [0.25, 0.3) is 0 Å². The Morgan fingerprint density at radius 2 is 2.30 bits per heavy atom. The fourth-order valence-corrected chi connectivity index (χ4v) is 3.28. The van der Waals surface area contributed by atoms with E-state index in [0.29, 0.717) is 23.5 Å². The van der Waals surface area contributed by atoms with Crippen LogP contribution in [-0.2, 0) is 6.54 Å². The molecule has 2 N–H and O–H groups in total. The van der Waals surface area contributed by atoms with E-state index >= 15 is 0 Å². The van der Waals surface area contributed by atoms with Gasteiger partial charge in [0.2, 0.25) is 0 Å². The van der Waals surface area contributed by atoms with Crippen molar-refractivity contribution >= 4 is 12.0 Å². The lowest BCUT2D eigenvalue weighted by atomic mass is 10.1. The number of likely N-dealkylation sites (tertiary alicyclic amines) is 1. The molecule has 6 nitrogen and oxygen atoms in total. The molecule has 1 aliphatic carbocycles. The number of hydrogen-bond donors (Lipinski definition) is 2. The van der Waals surface area contributed by atoms with Crippen molar-refractivity contribution in [3.05, 3.63) is 23.2 Å². The van der Waals surface area contributed by atoms with Crippen molar-refractivity contribution in [1.29, 1.82) is 0 Å². The summed E-state index contributed by atoms with van der Waals surface area (Å²) in [6, 6.07) is 1.77. The van der Waals surface area contributed by atoms with Gasteiger partial charge in [-0.15, -0.1) is 0 Å². The summed E-state index contributed by atoms with van der Waals surface area (Å²) < 4.78 is 5.34. The molecule has 20 heavy (non-hydrogen) atoms. The van der Waals surface area contributed by atoms with Crippen molar-refractivity contribution in [2.24, 2.45) is 5.92 Å². The number of piperidine rings is 1. The van der Waals surface area contributed by atoms with Crippen LogP contribution >= 0.6 is 0 Å². The van der Waals surface area contributed by atoms with Crippen molar-refractivity contribution < 1.29 is 19.1 Å². The highest BCUT2D eigenvalue weighted by molar-refractivity contribution is 5.88. The molecule has 2 heterocycles. The third-order valence-corrected chi connectivity index (χ3v) is 4.28. The van der Waals surface area contributed by atoms with E-state index in [9.17, 15) is 9.59 Å². The van der Waals surface area contributed by atoms with E-state index in [2.05, 4.69) is 5.32 Å². The fraction of sp³-hybridized carbons (Fsp3) is 0.571. The summed E-state index contributed by atoms with van der Waals surface area (Å²) in [5.74, 6) is 0.482. The molecular formula is C14H18N2O4. The van der Waals surface area contributed by atoms with E-state index in [1.165, 1.54) is 12.5 Å². The molecule has 6 heteroatoms. The second-order valence-electron chi connectivity index (χ2n) is 5.63. The largest absolute Gasteiger partial charge is 0.478 e. The minimum absolute atomic E-state index is 0.0804. The Hall–Kier alpha value is -1.98. The Balaban J connectivity index is 1.58. The molecule has 108 valence electrons. The summed E-state index contributed by atoms with van der Waals surface area (Å²) in [4.78, 5) is 24.9. The minimum atomic E-state index is -1.01. The van der Waals surface area contributed by atoms with Gasteiger partial charge < -0.3 is 19.7 Å². The molecule has 2 amide bonds. The maximum absolute atomic E-state index is 12.1. The predicted molar refractivity (Wildman–Crippen MR) is 70.5 cm³/mol. The normalized spacial score (nSPS) is 24.1. The monoisotopic (exact) mass is 278 g/mol. The van der Waals surface area contributed by atoms with Crippen molar-refractivity contribution in [2.45, 2.75) is 38.8 Å². The minimum Gasteiger partial charge on any atom is -0.478 e. The topological polar surface area (TPSA) is 82.8 Å². The summed E-state index contributed by atoms with van der Waals surface area (Å²) in [6.07, 6.45) is 3.45. The Bertz CT molecular complexity index is 551. The van der Waals surface area contributed by atoms with E-state index in [4.69, 9.17) is 9.52 Å². The van der Waals surface area contributed by atoms with Gasteiger partial charge in [0.15, 0.2) is 0 Å². The van der Waals surface area contributed by atoms with Crippen LogP contribution in [0.5, 0.6) is 0 Å². The molecule has 1 aromatic rings. The Morgan fingerprint density at radius 1 is 1.50 bits per heavy atom. The number of furan rings is 1. The van der Waals surface area contributed by atoms with E-state index in [0.717, 1.165) is 19.4 Å². The van der Waals surface area contributed by atoms with Gasteiger partial charge in [-0.3, -0.25) is 0 Å². The highest BCUT2D eigenvalue weighted by Gasteiger charge is 2.40. The second kappa shape index (κ2) is 4.85. The number of carboxylic acid groups (broad SMARTS) is 1. The fourth-order valence-electron chi connectivity index (χ4n) is 3.28. The number of amides is 2. The molecule has 1 aromatic heterocycles. The molecule has 0 radical (unpaired) electrons. The SMILES string of the molecule is Cc1oc(CNC(=O)N2CC3CCC2C3)cc1C(=O)O. The van der Waals surface area contributed by atoms with Gasteiger partial charge >= 0.3 is 12.0 Å². The summed E-state index contributed by atoms with van der Waals surface area (Å²) in [7, 11) is 0. The molecule has 1 aliphatic heterocycles. The van der Waals surface area contributed by atoms with Crippen molar-refractivity contribution in [3.8, 4) is 0 Å². The number of fused-ring (bicyclic) bond motifs is 2. The zero-order valence-corrected chi connectivity index (χ0v) is 11.4. The average molecular weight is 278 g/mol. The van der Waals surface area contributed by atoms with E-state index in [-0.39, 0.29) is 18.1 Å². The van der Waals surface area contributed by atoms with Gasteiger partial charge in [-0.25, -0.2) is 9.59 Å². The first-order valence-corrected chi connectivity index (χ1v) is 6.91. The molecule has 2 atom stereocenters. The number of carbonyl (C=O) groups is 2. The molecule has 2 bridgehead atoms. The molecule has 0 spiro atoms. The van der Waals surface area contributed by atoms with Crippen LogP contribution in [0.15, 0.2) is 10.5 Å². The molecule has 3 rings (SSSR count). The van der Waals surface area contributed by atoms with Crippen LogP contribution in [0.25, 0.3) is 0 Å². The van der Waals surface area contributed by atoms with Crippen LogP contribution < -0.4 is 5.32 Å². The number of carboxylic acids is 1. The number of aromatic carboxylic acids is 1. The lowest BCUT2D eigenvalue weighted by molar-refractivity contribution is 0.0695. The third kappa shape index (κ3) is 2.26. The van der Waals surface area contributed by atoms with Crippen molar-refractivity contribution in [2.75, 3.05) is 6.54 Å². The van der Waals surface area contributed by atoms with E-state index in [1.807, 2.05) is 4.90 Å². The van der Waals surface area contributed by atoms with Gasteiger partial charge in [0, 0.05) is 12.6 Å². The Labute approximate surface area is 116 Å². The van der Waals surface area contributed by atoms with Crippen LogP contribution in [0, 0.1) is 12.8 Å². The molecule has 1 saturated heterocycles. The zero-order valence-electron chi connectivity index (χ0n) is 11.4. The Kier molecular flexibility index (Phi) is 3.16. The summed E-state index contributed by atoms with van der Waals surface area (Å²) in [5, 5.41) is 11.8. The lowest BCUT2D eigenvalue weighted by Crippen LogP contribution is -2.43. The number of nitrogens with one attached hydrogen (secondary N) is 1. The predicted octanol–water partition coefficient (Wildman–Crippen LogP) is 1.98. The first-order chi connectivity index (χ1) is 9.54. The molecule has 0 aromatic carbocycles. The molecule has 2 fully saturated rings. The maximum atomic E-state index is 12.1. The van der Waals surface area contributed by atoms with Crippen LogP contribution in [0.2, 0.25) is 0 Å². The maximum Gasteiger partial charge on any atom is 0.339 e. The second-order valence-corrected chi connectivity index (χ2v) is 5.63. The highest BCUT2D eigenvalue weighted by atomic mass is 16.4. The number of nitrogens with zero attached hydrogens (tertiary/aromatic N) is 1. The summed E-state index contributed by atoms with van der Waals surface area (Å²) in [6.45, 7) is 2.67. The third-order valence-electron chi connectivity index (χ3n) is 4.28. The van der Waals surface area contributed by atoms with Crippen LogP contribution in [-0.4, -0.2) is 34.6 Å². The summed E-state index contributed by atoms with van der Waals surface area (Å²) in [5.41, 5.74) is 0.148. The van der Waals surface area contributed by atoms with Crippen LogP contribution in [0.3, 0.4) is 0 Å². The average Bonchev–Trinajstić information content (AvgIpc) is 3.10. The highest BCUT2D eigenvalue weighted by Crippen LogP contribution is 2.37. The Morgan fingerprint density at radius 3 is 2.85 bits per heavy atom. The lowest BCUT2D eigenvalue weighted by Gasteiger charge is -2.26.